The van der Waals surface area contributed by atoms with Crippen LogP contribution < -0.4 is 5.32 Å². The van der Waals surface area contributed by atoms with E-state index in [9.17, 15) is 13.2 Å². The van der Waals surface area contributed by atoms with Crippen LogP contribution in [0.4, 0.5) is 0 Å². The number of halogens is 1. The van der Waals surface area contributed by atoms with Gasteiger partial charge in [0, 0.05) is 4.47 Å². The van der Waals surface area contributed by atoms with Crippen molar-refractivity contribution in [1.82, 2.24) is 5.32 Å². The summed E-state index contributed by atoms with van der Waals surface area (Å²) in [5.41, 5.74) is 1.04. The minimum atomic E-state index is -3.32. The van der Waals surface area contributed by atoms with Crippen molar-refractivity contribution in [1.29, 1.82) is 0 Å². The maximum atomic E-state index is 12.3. The maximum absolute atomic E-state index is 12.3. The van der Waals surface area contributed by atoms with E-state index < -0.39 is 15.6 Å². The summed E-state index contributed by atoms with van der Waals surface area (Å²) in [5.74, 6) is -0.291. The van der Waals surface area contributed by atoms with Crippen LogP contribution in [0.3, 0.4) is 0 Å². The zero-order chi connectivity index (χ0) is 17.6. The largest absolute Gasteiger partial charge is 0.348 e. The average Bonchev–Trinajstić information content (AvgIpc) is 2.45. The summed E-state index contributed by atoms with van der Waals surface area (Å²) >= 11 is 3.42. The fourth-order valence-corrected chi connectivity index (χ4v) is 4.51. The predicted molar refractivity (Wildman–Crippen MR) is 101 cm³/mol. The summed E-state index contributed by atoms with van der Waals surface area (Å²) in [6.07, 6.45) is 5.79. The number of hydrogen-bond acceptors (Lipinski definition) is 3. The van der Waals surface area contributed by atoms with Crippen LogP contribution in [0.1, 0.15) is 57.1 Å². The van der Waals surface area contributed by atoms with E-state index in [4.69, 9.17) is 0 Å². The van der Waals surface area contributed by atoms with Crippen LogP contribution in [0.25, 0.3) is 0 Å². The minimum Gasteiger partial charge on any atom is -0.348 e. The highest BCUT2D eigenvalue weighted by Gasteiger charge is 2.30. The molecule has 1 fully saturated rings. The van der Waals surface area contributed by atoms with Gasteiger partial charge < -0.3 is 5.32 Å². The Balaban J connectivity index is 1.98. The Labute approximate surface area is 153 Å². The van der Waals surface area contributed by atoms with E-state index in [1.165, 1.54) is 6.42 Å². The van der Waals surface area contributed by atoms with Gasteiger partial charge in [0.15, 0.2) is 9.84 Å². The molecule has 1 unspecified atom stereocenters. The summed E-state index contributed by atoms with van der Waals surface area (Å²) in [6.45, 7) is 2.03. The number of rotatable bonds is 9. The van der Waals surface area contributed by atoms with Gasteiger partial charge in [-0.3, -0.25) is 4.79 Å². The lowest BCUT2D eigenvalue weighted by molar-refractivity contribution is -0.120. The number of carbonyl (C=O) groups excluding carboxylic acids is 1. The van der Waals surface area contributed by atoms with Crippen LogP contribution in [0, 0.1) is 5.92 Å². The van der Waals surface area contributed by atoms with Crippen molar-refractivity contribution in [3.05, 3.63) is 34.3 Å². The van der Waals surface area contributed by atoms with E-state index in [2.05, 4.69) is 21.2 Å². The Hall–Kier alpha value is -0.880. The molecule has 0 bridgehead atoms. The Kier molecular flexibility index (Phi) is 7.29. The standard InChI is InChI=1S/C18H26BrNO3S/c1-2-3-4-12-24(22,23)13-17(21)20-18(14-6-5-7-14)15-8-10-16(19)11-9-15/h8-11,14,18H,2-7,12-13H2,1H3,(H,20,21). The van der Waals surface area contributed by atoms with Crippen molar-refractivity contribution in [2.75, 3.05) is 11.5 Å². The molecule has 1 saturated carbocycles. The van der Waals surface area contributed by atoms with E-state index in [1.54, 1.807) is 0 Å². The molecule has 24 heavy (non-hydrogen) atoms. The molecule has 0 aromatic heterocycles. The number of carbonyl (C=O) groups is 1. The molecule has 0 saturated heterocycles. The predicted octanol–water partition coefficient (Wildman–Crippen LogP) is 4.01. The molecule has 1 aromatic carbocycles. The fraction of sp³-hybridized carbons (Fsp3) is 0.611. The third kappa shape index (κ3) is 5.88. The van der Waals surface area contributed by atoms with E-state index in [0.717, 1.165) is 35.7 Å². The van der Waals surface area contributed by atoms with Gasteiger partial charge in [-0.25, -0.2) is 8.42 Å². The van der Waals surface area contributed by atoms with Crippen molar-refractivity contribution in [2.24, 2.45) is 5.92 Å². The van der Waals surface area contributed by atoms with Gasteiger partial charge in [-0.2, -0.15) is 0 Å². The molecule has 4 nitrogen and oxygen atoms in total. The second-order valence-corrected chi connectivity index (χ2v) is 9.69. The molecule has 0 radical (unpaired) electrons. The highest BCUT2D eigenvalue weighted by Crippen LogP contribution is 2.38. The van der Waals surface area contributed by atoms with E-state index in [1.807, 2.05) is 31.2 Å². The second kappa shape index (κ2) is 8.99. The molecule has 0 aliphatic heterocycles. The summed E-state index contributed by atoms with van der Waals surface area (Å²) in [6, 6.07) is 7.79. The molecule has 1 aromatic rings. The Morgan fingerprint density at radius 2 is 1.92 bits per heavy atom. The smallest absolute Gasteiger partial charge is 0.235 e. The number of sulfone groups is 1. The Morgan fingerprint density at radius 1 is 1.25 bits per heavy atom. The number of hydrogen-bond donors (Lipinski definition) is 1. The monoisotopic (exact) mass is 415 g/mol. The minimum absolute atomic E-state index is 0.0924. The summed E-state index contributed by atoms with van der Waals surface area (Å²) in [4.78, 5) is 12.3. The molecular weight excluding hydrogens is 390 g/mol. The average molecular weight is 416 g/mol. The highest BCUT2D eigenvalue weighted by atomic mass is 79.9. The first kappa shape index (κ1) is 19.4. The van der Waals surface area contributed by atoms with E-state index in [0.29, 0.717) is 12.3 Å². The number of nitrogens with one attached hydrogen (secondary N) is 1. The van der Waals surface area contributed by atoms with Crippen LogP contribution >= 0.6 is 15.9 Å². The van der Waals surface area contributed by atoms with Crippen LogP contribution in [-0.2, 0) is 14.6 Å². The third-order valence-electron chi connectivity index (χ3n) is 4.58. The molecule has 6 heteroatoms. The normalized spacial score (nSPS) is 16.4. The van der Waals surface area contributed by atoms with Crippen LogP contribution in [0.2, 0.25) is 0 Å². The van der Waals surface area contributed by atoms with Gasteiger partial charge in [0.2, 0.25) is 5.91 Å². The van der Waals surface area contributed by atoms with Gasteiger partial charge in [-0.1, -0.05) is 54.2 Å². The van der Waals surface area contributed by atoms with E-state index >= 15 is 0 Å². The van der Waals surface area contributed by atoms with Crippen molar-refractivity contribution in [3.63, 3.8) is 0 Å². The van der Waals surface area contributed by atoms with Crippen LogP contribution in [0.5, 0.6) is 0 Å². The second-order valence-electron chi connectivity index (χ2n) is 6.59. The van der Waals surface area contributed by atoms with Crippen molar-refractivity contribution >= 4 is 31.7 Å². The van der Waals surface area contributed by atoms with Crippen LogP contribution in [0.15, 0.2) is 28.7 Å². The van der Waals surface area contributed by atoms with Crippen molar-refractivity contribution in [2.45, 2.75) is 51.5 Å². The molecule has 0 spiro atoms. The lowest BCUT2D eigenvalue weighted by Gasteiger charge is -2.34. The summed E-state index contributed by atoms with van der Waals surface area (Å²) in [7, 11) is -3.32. The zero-order valence-electron chi connectivity index (χ0n) is 14.1. The quantitative estimate of drug-likeness (QED) is 0.619. The molecule has 1 aliphatic rings. The first-order valence-electron chi connectivity index (χ1n) is 8.66. The number of benzene rings is 1. The molecule has 134 valence electrons. The fourth-order valence-electron chi connectivity index (χ4n) is 2.98. The Bertz CT molecular complexity index is 639. The molecule has 0 heterocycles. The zero-order valence-corrected chi connectivity index (χ0v) is 16.5. The summed E-state index contributed by atoms with van der Waals surface area (Å²) < 4.78 is 25.1. The molecule has 1 N–H and O–H groups in total. The molecular formula is C18H26BrNO3S. The van der Waals surface area contributed by atoms with Gasteiger partial charge >= 0.3 is 0 Å². The van der Waals surface area contributed by atoms with Gasteiger partial charge in [0.25, 0.3) is 0 Å². The third-order valence-corrected chi connectivity index (χ3v) is 6.72. The van der Waals surface area contributed by atoms with Crippen molar-refractivity contribution in [3.8, 4) is 0 Å². The van der Waals surface area contributed by atoms with Gasteiger partial charge in [0.05, 0.1) is 11.8 Å². The van der Waals surface area contributed by atoms with Gasteiger partial charge in [-0.15, -0.1) is 0 Å². The first-order chi connectivity index (χ1) is 11.4. The summed E-state index contributed by atoms with van der Waals surface area (Å²) in [5, 5.41) is 2.97. The van der Waals surface area contributed by atoms with Crippen molar-refractivity contribution < 1.29 is 13.2 Å². The molecule has 1 aliphatic carbocycles. The van der Waals surface area contributed by atoms with E-state index in [-0.39, 0.29) is 17.7 Å². The molecule has 1 atom stereocenters. The highest BCUT2D eigenvalue weighted by molar-refractivity contribution is 9.10. The molecule has 2 rings (SSSR count). The number of unbranched alkanes of at least 4 members (excludes halogenated alkanes) is 2. The van der Waals surface area contributed by atoms with Gasteiger partial charge in [0.1, 0.15) is 5.75 Å². The molecule has 1 amide bonds. The number of amides is 1. The topological polar surface area (TPSA) is 63.2 Å². The SMILES string of the molecule is CCCCCS(=O)(=O)CC(=O)NC(c1ccc(Br)cc1)C1CCC1. The first-order valence-corrected chi connectivity index (χ1v) is 11.3. The lowest BCUT2D eigenvalue weighted by Crippen LogP contribution is -2.39. The van der Waals surface area contributed by atoms with Crippen LogP contribution in [-0.4, -0.2) is 25.8 Å². The maximum Gasteiger partial charge on any atom is 0.235 e. The van der Waals surface area contributed by atoms with Gasteiger partial charge in [-0.05, 0) is 42.9 Å². The lowest BCUT2D eigenvalue weighted by atomic mass is 9.77. The Morgan fingerprint density at radius 3 is 2.46 bits per heavy atom.